The second-order valence-corrected chi connectivity index (χ2v) is 9.67. The average Bonchev–Trinajstić information content (AvgIpc) is 2.73. The van der Waals surface area contributed by atoms with Crippen LogP contribution >= 0.6 is 0 Å². The number of likely N-dealkylation sites (N-methyl/N-ethyl adjacent to an activating group) is 1. The molecule has 1 aromatic carbocycles. The van der Waals surface area contributed by atoms with Crippen molar-refractivity contribution in [2.75, 3.05) is 33.8 Å². The number of morpholine rings is 1. The lowest BCUT2D eigenvalue weighted by Gasteiger charge is -2.43. The topological polar surface area (TPSA) is 62.7 Å². The van der Waals surface area contributed by atoms with Crippen molar-refractivity contribution in [2.45, 2.75) is 39.2 Å². The van der Waals surface area contributed by atoms with Crippen molar-refractivity contribution < 1.29 is 14.3 Å². The number of carbonyl (C=O) groups is 2. The highest BCUT2D eigenvalue weighted by Crippen LogP contribution is 2.32. The molecule has 1 saturated heterocycles. The van der Waals surface area contributed by atoms with E-state index < -0.39 is 5.60 Å². The number of ether oxygens (including phenoxy) is 1. The molecule has 1 atom stereocenters. The molecule has 1 aliphatic heterocycles. The minimum atomic E-state index is -1.12. The fourth-order valence-corrected chi connectivity index (χ4v) is 4.07. The van der Waals surface area contributed by atoms with Gasteiger partial charge in [-0.25, -0.2) is 0 Å². The summed E-state index contributed by atoms with van der Waals surface area (Å²) in [6.07, 6.45) is 4.38. The van der Waals surface area contributed by atoms with Crippen LogP contribution in [0, 0.1) is 5.41 Å². The summed E-state index contributed by atoms with van der Waals surface area (Å²) in [7, 11) is 3.47. The molecule has 1 unspecified atom stereocenters. The Labute approximate surface area is 185 Å². The number of hydrogen-bond donors (Lipinski definition) is 0. The summed E-state index contributed by atoms with van der Waals surface area (Å²) in [6.45, 7) is 7.24. The Morgan fingerprint density at radius 1 is 1.16 bits per heavy atom. The van der Waals surface area contributed by atoms with Gasteiger partial charge >= 0.3 is 0 Å². The second-order valence-electron chi connectivity index (χ2n) is 9.67. The highest BCUT2D eigenvalue weighted by molar-refractivity contribution is 5.87. The number of carbonyl (C=O) groups excluding carboxylic acids is 2. The van der Waals surface area contributed by atoms with Gasteiger partial charge in [0.05, 0.1) is 13.2 Å². The van der Waals surface area contributed by atoms with Gasteiger partial charge in [0.15, 0.2) is 5.60 Å². The molecule has 0 saturated carbocycles. The molecular weight excluding hydrogens is 390 g/mol. The average molecular weight is 424 g/mol. The van der Waals surface area contributed by atoms with Crippen LogP contribution in [0.3, 0.4) is 0 Å². The van der Waals surface area contributed by atoms with Crippen LogP contribution in [-0.2, 0) is 20.7 Å². The number of hydrogen-bond acceptors (Lipinski definition) is 4. The molecule has 0 bridgehead atoms. The Morgan fingerprint density at radius 2 is 1.90 bits per heavy atom. The molecular formula is C25H33N3O3. The minimum Gasteiger partial charge on any atom is -0.361 e. The monoisotopic (exact) mass is 423 g/mol. The third kappa shape index (κ3) is 5.50. The number of amides is 2. The molecule has 166 valence electrons. The number of aromatic nitrogens is 1. The molecule has 0 aliphatic carbocycles. The molecule has 1 aromatic heterocycles. The first kappa shape index (κ1) is 22.9. The summed E-state index contributed by atoms with van der Waals surface area (Å²) in [4.78, 5) is 33.9. The summed E-state index contributed by atoms with van der Waals surface area (Å²) in [5, 5.41) is 0. The van der Waals surface area contributed by atoms with Crippen LogP contribution in [0.4, 0.5) is 0 Å². The Bertz CT molecular complexity index is 921. The fraction of sp³-hybridized carbons (Fsp3) is 0.480. The molecule has 2 aromatic rings. The number of rotatable bonds is 5. The molecule has 2 amide bonds. The van der Waals surface area contributed by atoms with Gasteiger partial charge in [0.2, 0.25) is 5.91 Å². The van der Waals surface area contributed by atoms with E-state index in [1.807, 2.05) is 63.4 Å². The zero-order chi connectivity index (χ0) is 22.6. The first-order valence-corrected chi connectivity index (χ1v) is 10.7. The van der Waals surface area contributed by atoms with Crippen molar-refractivity contribution in [1.82, 2.24) is 14.8 Å². The van der Waals surface area contributed by atoms with Crippen LogP contribution in [0.2, 0.25) is 0 Å². The predicted octanol–water partition coefficient (Wildman–Crippen LogP) is 3.41. The van der Waals surface area contributed by atoms with E-state index in [1.54, 1.807) is 30.1 Å². The largest absolute Gasteiger partial charge is 0.361 e. The Kier molecular flexibility index (Phi) is 6.80. The minimum absolute atomic E-state index is 0.0623. The van der Waals surface area contributed by atoms with Crippen molar-refractivity contribution in [3.8, 4) is 11.1 Å². The van der Waals surface area contributed by atoms with Gasteiger partial charge in [0.25, 0.3) is 5.91 Å². The molecule has 31 heavy (non-hydrogen) atoms. The lowest BCUT2D eigenvalue weighted by atomic mass is 9.86. The van der Waals surface area contributed by atoms with Crippen molar-refractivity contribution in [3.05, 3.63) is 54.4 Å². The maximum Gasteiger partial charge on any atom is 0.256 e. The van der Waals surface area contributed by atoms with Crippen LogP contribution < -0.4 is 0 Å². The molecule has 1 fully saturated rings. The molecule has 1 aliphatic rings. The lowest BCUT2D eigenvalue weighted by Crippen LogP contribution is -2.62. The highest BCUT2D eigenvalue weighted by atomic mass is 16.5. The standard InChI is InChI=1S/C25H33N3O3/c1-24(2,3)16-22(29)28-13-14-31-25(18-28,23(30)27(4)5)15-19-9-6-7-11-21(19)20-10-8-12-26-17-20/h6-12,17H,13-16,18H2,1-5H3. The number of pyridine rings is 1. The normalized spacial score (nSPS) is 19.2. The van der Waals surface area contributed by atoms with E-state index in [4.69, 9.17) is 4.74 Å². The molecule has 3 rings (SSSR count). The Morgan fingerprint density at radius 3 is 2.55 bits per heavy atom. The first-order valence-electron chi connectivity index (χ1n) is 10.7. The van der Waals surface area contributed by atoms with Gasteiger partial charge in [0.1, 0.15) is 0 Å². The van der Waals surface area contributed by atoms with E-state index in [0.717, 1.165) is 16.7 Å². The SMILES string of the molecule is CN(C)C(=O)C1(Cc2ccccc2-c2cccnc2)CN(C(=O)CC(C)(C)C)CCO1. The van der Waals surface area contributed by atoms with Gasteiger partial charge in [-0.2, -0.15) is 0 Å². The Hall–Kier alpha value is -2.73. The van der Waals surface area contributed by atoms with Crippen LogP contribution in [0.25, 0.3) is 11.1 Å². The molecule has 6 heteroatoms. The van der Waals surface area contributed by atoms with Crippen molar-refractivity contribution >= 4 is 11.8 Å². The first-order chi connectivity index (χ1) is 14.6. The summed E-state index contributed by atoms with van der Waals surface area (Å²) >= 11 is 0. The summed E-state index contributed by atoms with van der Waals surface area (Å²) < 4.78 is 6.19. The molecule has 0 spiro atoms. The van der Waals surface area contributed by atoms with Gasteiger partial charge in [-0.15, -0.1) is 0 Å². The molecule has 6 nitrogen and oxygen atoms in total. The van der Waals surface area contributed by atoms with E-state index in [9.17, 15) is 9.59 Å². The lowest BCUT2D eigenvalue weighted by molar-refractivity contribution is -0.173. The van der Waals surface area contributed by atoms with E-state index in [2.05, 4.69) is 4.98 Å². The highest BCUT2D eigenvalue weighted by Gasteiger charge is 2.46. The van der Waals surface area contributed by atoms with E-state index in [0.29, 0.717) is 26.0 Å². The van der Waals surface area contributed by atoms with Crippen LogP contribution in [0.5, 0.6) is 0 Å². The van der Waals surface area contributed by atoms with Gasteiger partial charge in [-0.1, -0.05) is 51.1 Å². The van der Waals surface area contributed by atoms with Crippen LogP contribution in [0.1, 0.15) is 32.8 Å². The maximum absolute atomic E-state index is 13.4. The molecule has 0 N–H and O–H groups in total. The molecule has 0 radical (unpaired) electrons. The van der Waals surface area contributed by atoms with Crippen molar-refractivity contribution in [2.24, 2.45) is 5.41 Å². The third-order valence-electron chi connectivity index (χ3n) is 5.48. The van der Waals surface area contributed by atoms with Gasteiger partial charge in [0, 0.05) is 51.4 Å². The van der Waals surface area contributed by atoms with Gasteiger partial charge in [-0.3, -0.25) is 14.6 Å². The van der Waals surface area contributed by atoms with Crippen LogP contribution in [-0.4, -0.2) is 66.0 Å². The zero-order valence-corrected chi connectivity index (χ0v) is 19.2. The predicted molar refractivity (Wildman–Crippen MR) is 121 cm³/mol. The molecule has 2 heterocycles. The van der Waals surface area contributed by atoms with Crippen molar-refractivity contribution in [3.63, 3.8) is 0 Å². The summed E-state index contributed by atoms with van der Waals surface area (Å²) in [5.74, 6) is -0.0611. The van der Waals surface area contributed by atoms with E-state index >= 15 is 0 Å². The maximum atomic E-state index is 13.4. The zero-order valence-electron chi connectivity index (χ0n) is 19.2. The third-order valence-corrected chi connectivity index (χ3v) is 5.48. The number of nitrogens with zero attached hydrogens (tertiary/aromatic N) is 3. The smallest absolute Gasteiger partial charge is 0.256 e. The van der Waals surface area contributed by atoms with Gasteiger partial charge < -0.3 is 14.5 Å². The van der Waals surface area contributed by atoms with Gasteiger partial charge in [-0.05, 0) is 22.6 Å². The fourth-order valence-electron chi connectivity index (χ4n) is 4.07. The second kappa shape index (κ2) is 9.18. The van der Waals surface area contributed by atoms with Crippen LogP contribution in [0.15, 0.2) is 48.8 Å². The Balaban J connectivity index is 1.96. The summed E-state index contributed by atoms with van der Waals surface area (Å²) in [6, 6.07) is 11.9. The number of benzene rings is 1. The van der Waals surface area contributed by atoms with Crippen molar-refractivity contribution in [1.29, 1.82) is 0 Å². The quantitative estimate of drug-likeness (QED) is 0.739. The van der Waals surface area contributed by atoms with E-state index in [1.165, 1.54) is 0 Å². The van der Waals surface area contributed by atoms with E-state index in [-0.39, 0.29) is 23.8 Å². The summed E-state index contributed by atoms with van der Waals surface area (Å²) in [5.41, 5.74) is 1.77.